The van der Waals surface area contributed by atoms with Crippen molar-refractivity contribution in [2.45, 2.75) is 45.1 Å². The van der Waals surface area contributed by atoms with Gasteiger partial charge >= 0.3 is 0 Å². The maximum absolute atomic E-state index is 11.6. The molecule has 1 saturated carbocycles. The van der Waals surface area contributed by atoms with E-state index < -0.39 is 0 Å². The standard InChI is InChI=1S/C12H24N2O/c1-10-4-6-11(7-5-10)13-12(15)8-9-14(2)3/h10-11H,4-9H2,1-3H3,(H,13,15)/t10-,11-. The van der Waals surface area contributed by atoms with Crippen LogP contribution < -0.4 is 5.32 Å². The monoisotopic (exact) mass is 212 g/mol. The molecule has 0 aromatic rings. The zero-order valence-corrected chi connectivity index (χ0v) is 10.3. The van der Waals surface area contributed by atoms with Gasteiger partial charge in [-0.25, -0.2) is 0 Å². The molecule has 1 aliphatic rings. The van der Waals surface area contributed by atoms with Crippen LogP contribution >= 0.6 is 0 Å². The fourth-order valence-corrected chi connectivity index (χ4v) is 2.03. The van der Waals surface area contributed by atoms with Gasteiger partial charge in [-0.15, -0.1) is 0 Å². The SMILES string of the molecule is CN(C)CCC(=O)N[C@H]1CC[C@H](C)CC1. The second-order valence-corrected chi connectivity index (χ2v) is 5.08. The third-order valence-corrected chi connectivity index (χ3v) is 3.17. The van der Waals surface area contributed by atoms with Crippen LogP contribution in [0.15, 0.2) is 0 Å². The molecule has 0 unspecified atom stereocenters. The molecule has 0 heterocycles. The van der Waals surface area contributed by atoms with Crippen LogP contribution in [-0.4, -0.2) is 37.5 Å². The summed E-state index contributed by atoms with van der Waals surface area (Å²) >= 11 is 0. The Kier molecular flexibility index (Phi) is 5.09. The third kappa shape index (κ3) is 5.17. The van der Waals surface area contributed by atoms with E-state index in [0.717, 1.165) is 25.3 Å². The Balaban J connectivity index is 2.15. The molecule has 0 atom stereocenters. The smallest absolute Gasteiger partial charge is 0.221 e. The average molecular weight is 212 g/mol. The van der Waals surface area contributed by atoms with Crippen molar-refractivity contribution in [2.24, 2.45) is 5.92 Å². The fourth-order valence-electron chi connectivity index (χ4n) is 2.03. The van der Waals surface area contributed by atoms with E-state index in [9.17, 15) is 4.79 Å². The van der Waals surface area contributed by atoms with E-state index in [2.05, 4.69) is 12.2 Å². The maximum Gasteiger partial charge on any atom is 0.221 e. The van der Waals surface area contributed by atoms with Crippen LogP contribution in [0.3, 0.4) is 0 Å². The predicted octanol–water partition coefficient (Wildman–Crippen LogP) is 1.63. The number of carbonyl (C=O) groups excluding carboxylic acids is 1. The Bertz CT molecular complexity index is 196. The van der Waals surface area contributed by atoms with Gasteiger partial charge in [-0.1, -0.05) is 6.92 Å². The highest BCUT2D eigenvalue weighted by Crippen LogP contribution is 2.23. The molecule has 0 aromatic carbocycles. The quantitative estimate of drug-likeness (QED) is 0.768. The number of nitrogens with zero attached hydrogens (tertiary/aromatic N) is 1. The Morgan fingerprint density at radius 2 is 1.87 bits per heavy atom. The highest BCUT2D eigenvalue weighted by molar-refractivity contribution is 5.76. The number of hydrogen-bond donors (Lipinski definition) is 1. The molecule has 0 saturated heterocycles. The van der Waals surface area contributed by atoms with Gasteiger partial charge in [0.1, 0.15) is 0 Å². The summed E-state index contributed by atoms with van der Waals surface area (Å²) in [5.41, 5.74) is 0. The van der Waals surface area contributed by atoms with Gasteiger partial charge in [0, 0.05) is 19.0 Å². The van der Waals surface area contributed by atoms with Crippen LogP contribution in [0.1, 0.15) is 39.0 Å². The Morgan fingerprint density at radius 3 is 2.40 bits per heavy atom. The average Bonchev–Trinajstić information content (AvgIpc) is 2.19. The summed E-state index contributed by atoms with van der Waals surface area (Å²) in [6.07, 6.45) is 5.47. The number of nitrogens with one attached hydrogen (secondary N) is 1. The minimum atomic E-state index is 0.211. The molecule has 15 heavy (non-hydrogen) atoms. The lowest BCUT2D eigenvalue weighted by atomic mass is 9.87. The normalized spacial score (nSPS) is 26.7. The third-order valence-electron chi connectivity index (χ3n) is 3.17. The van der Waals surface area contributed by atoms with Crippen LogP contribution in [0.2, 0.25) is 0 Å². The summed E-state index contributed by atoms with van der Waals surface area (Å²) in [7, 11) is 3.99. The van der Waals surface area contributed by atoms with Crippen molar-refractivity contribution >= 4 is 5.91 Å². The van der Waals surface area contributed by atoms with Crippen molar-refractivity contribution in [3.8, 4) is 0 Å². The van der Waals surface area contributed by atoms with Crippen LogP contribution in [0.25, 0.3) is 0 Å². The van der Waals surface area contributed by atoms with Gasteiger partial charge in [-0.3, -0.25) is 4.79 Å². The first-order chi connectivity index (χ1) is 7.08. The van der Waals surface area contributed by atoms with Crippen molar-refractivity contribution in [1.29, 1.82) is 0 Å². The first-order valence-electron chi connectivity index (χ1n) is 6.02. The number of hydrogen-bond acceptors (Lipinski definition) is 2. The molecule has 0 aliphatic heterocycles. The Morgan fingerprint density at radius 1 is 1.27 bits per heavy atom. The van der Waals surface area contributed by atoms with Gasteiger partial charge in [0.2, 0.25) is 5.91 Å². The minimum Gasteiger partial charge on any atom is -0.353 e. The van der Waals surface area contributed by atoms with E-state index in [4.69, 9.17) is 0 Å². The van der Waals surface area contributed by atoms with Gasteiger partial charge < -0.3 is 10.2 Å². The molecule has 0 aromatic heterocycles. The van der Waals surface area contributed by atoms with E-state index in [0.29, 0.717) is 12.5 Å². The molecule has 0 spiro atoms. The summed E-state index contributed by atoms with van der Waals surface area (Å²) in [4.78, 5) is 13.6. The summed E-state index contributed by atoms with van der Waals surface area (Å²) in [6.45, 7) is 3.14. The molecule has 1 rings (SSSR count). The van der Waals surface area contributed by atoms with Gasteiger partial charge in [-0.2, -0.15) is 0 Å². The minimum absolute atomic E-state index is 0.211. The van der Waals surface area contributed by atoms with Gasteiger partial charge in [-0.05, 0) is 45.7 Å². The molecule has 1 aliphatic carbocycles. The van der Waals surface area contributed by atoms with Crippen LogP contribution in [-0.2, 0) is 4.79 Å². The largest absolute Gasteiger partial charge is 0.353 e. The lowest BCUT2D eigenvalue weighted by Crippen LogP contribution is -2.38. The van der Waals surface area contributed by atoms with Crippen molar-refractivity contribution in [2.75, 3.05) is 20.6 Å². The zero-order chi connectivity index (χ0) is 11.3. The number of rotatable bonds is 4. The molecule has 88 valence electrons. The highest BCUT2D eigenvalue weighted by atomic mass is 16.1. The lowest BCUT2D eigenvalue weighted by molar-refractivity contribution is -0.122. The molecular weight excluding hydrogens is 188 g/mol. The van der Waals surface area contributed by atoms with E-state index in [-0.39, 0.29) is 5.91 Å². The zero-order valence-electron chi connectivity index (χ0n) is 10.3. The first kappa shape index (κ1) is 12.5. The molecular formula is C12H24N2O. The van der Waals surface area contributed by atoms with E-state index in [1.54, 1.807) is 0 Å². The molecule has 0 radical (unpaired) electrons. The fraction of sp³-hybridized carbons (Fsp3) is 0.917. The topological polar surface area (TPSA) is 32.3 Å². The Hall–Kier alpha value is -0.570. The number of amides is 1. The first-order valence-corrected chi connectivity index (χ1v) is 6.02. The van der Waals surface area contributed by atoms with Gasteiger partial charge in [0.15, 0.2) is 0 Å². The summed E-state index contributed by atoms with van der Waals surface area (Å²) in [5, 5.41) is 3.13. The molecule has 1 amide bonds. The number of carbonyl (C=O) groups is 1. The second-order valence-electron chi connectivity index (χ2n) is 5.08. The van der Waals surface area contributed by atoms with Crippen LogP contribution in [0, 0.1) is 5.92 Å². The summed E-state index contributed by atoms with van der Waals surface area (Å²) < 4.78 is 0. The molecule has 0 bridgehead atoms. The highest BCUT2D eigenvalue weighted by Gasteiger charge is 2.19. The van der Waals surface area contributed by atoms with Crippen molar-refractivity contribution < 1.29 is 4.79 Å². The van der Waals surface area contributed by atoms with Gasteiger partial charge in [0.05, 0.1) is 0 Å². The van der Waals surface area contributed by atoms with Crippen LogP contribution in [0.5, 0.6) is 0 Å². The van der Waals surface area contributed by atoms with Gasteiger partial charge in [0.25, 0.3) is 0 Å². The van der Waals surface area contributed by atoms with Crippen molar-refractivity contribution in [1.82, 2.24) is 10.2 Å². The lowest BCUT2D eigenvalue weighted by Gasteiger charge is -2.27. The molecule has 3 nitrogen and oxygen atoms in total. The van der Waals surface area contributed by atoms with Crippen LogP contribution in [0.4, 0.5) is 0 Å². The summed E-state index contributed by atoms with van der Waals surface area (Å²) in [5.74, 6) is 1.06. The summed E-state index contributed by atoms with van der Waals surface area (Å²) in [6, 6.07) is 0.441. The van der Waals surface area contributed by atoms with Crippen molar-refractivity contribution in [3.63, 3.8) is 0 Å². The Labute approximate surface area is 93.2 Å². The maximum atomic E-state index is 11.6. The predicted molar refractivity (Wildman–Crippen MR) is 62.7 cm³/mol. The molecule has 1 fully saturated rings. The van der Waals surface area contributed by atoms with E-state index in [1.165, 1.54) is 12.8 Å². The van der Waals surface area contributed by atoms with E-state index in [1.807, 2.05) is 19.0 Å². The van der Waals surface area contributed by atoms with E-state index >= 15 is 0 Å². The second kappa shape index (κ2) is 6.11. The molecule has 1 N–H and O–H groups in total. The molecule has 3 heteroatoms. The van der Waals surface area contributed by atoms with Crippen molar-refractivity contribution in [3.05, 3.63) is 0 Å².